The van der Waals surface area contributed by atoms with Crippen LogP contribution >= 0.6 is 0 Å². The van der Waals surface area contributed by atoms with Crippen LogP contribution in [-0.4, -0.2) is 19.8 Å². The molecule has 1 aliphatic rings. The van der Waals surface area contributed by atoms with Crippen LogP contribution in [0.4, 0.5) is 0 Å². The van der Waals surface area contributed by atoms with Crippen molar-refractivity contribution in [2.75, 3.05) is 19.8 Å². The minimum atomic E-state index is -0.560. The Morgan fingerprint density at radius 2 is 1.94 bits per heavy atom. The summed E-state index contributed by atoms with van der Waals surface area (Å²) in [5.74, 6) is -0.560. The zero-order chi connectivity index (χ0) is 12.3. The molecule has 3 nitrogen and oxygen atoms in total. The van der Waals surface area contributed by atoms with E-state index in [-0.39, 0.29) is 0 Å². The summed E-state index contributed by atoms with van der Waals surface area (Å²) >= 11 is 0. The first-order valence-corrected chi connectivity index (χ1v) is 6.24. The van der Waals surface area contributed by atoms with Crippen LogP contribution in [0.25, 0.3) is 0 Å². The molecule has 0 aromatic heterocycles. The van der Waals surface area contributed by atoms with Crippen LogP contribution in [0, 0.1) is 13.8 Å². The fourth-order valence-electron chi connectivity index (χ4n) is 2.37. The van der Waals surface area contributed by atoms with Crippen LogP contribution in [0.15, 0.2) is 18.2 Å². The van der Waals surface area contributed by atoms with Gasteiger partial charge in [-0.3, -0.25) is 0 Å². The van der Waals surface area contributed by atoms with Gasteiger partial charge in [-0.2, -0.15) is 0 Å². The monoisotopic (exact) mass is 235 g/mol. The molecule has 2 rings (SSSR count). The van der Waals surface area contributed by atoms with Crippen molar-refractivity contribution in [3.8, 4) is 0 Å². The van der Waals surface area contributed by atoms with Gasteiger partial charge in [0, 0.05) is 12.0 Å². The largest absolute Gasteiger partial charge is 0.343 e. The Labute approximate surface area is 103 Å². The summed E-state index contributed by atoms with van der Waals surface area (Å²) < 4.78 is 11.8. The fraction of sp³-hybridized carbons (Fsp3) is 0.571. The van der Waals surface area contributed by atoms with Gasteiger partial charge in [-0.05, 0) is 32.4 Å². The Morgan fingerprint density at radius 1 is 1.24 bits per heavy atom. The normalized spacial score (nSPS) is 18.5. The van der Waals surface area contributed by atoms with E-state index in [2.05, 4.69) is 32.0 Å². The molecule has 0 saturated carbocycles. The number of nitrogens with two attached hydrogens (primary N) is 1. The zero-order valence-corrected chi connectivity index (χ0v) is 10.7. The summed E-state index contributed by atoms with van der Waals surface area (Å²) in [5, 5.41) is 0. The maximum absolute atomic E-state index is 5.89. The van der Waals surface area contributed by atoms with Crippen molar-refractivity contribution in [3.05, 3.63) is 34.9 Å². The van der Waals surface area contributed by atoms with E-state index in [0.717, 1.165) is 18.4 Å². The Kier molecular flexibility index (Phi) is 3.82. The van der Waals surface area contributed by atoms with Gasteiger partial charge < -0.3 is 15.2 Å². The summed E-state index contributed by atoms with van der Waals surface area (Å²) in [6.07, 6.45) is 1.74. The van der Waals surface area contributed by atoms with E-state index in [1.165, 1.54) is 11.1 Å². The standard InChI is InChI=1S/C14H21NO2/c1-11-4-5-12(2)13(10-11)14(6-3-7-15)16-8-9-17-14/h4-5,10H,3,6-9,15H2,1-2H3. The quantitative estimate of drug-likeness (QED) is 0.870. The average molecular weight is 235 g/mol. The van der Waals surface area contributed by atoms with E-state index in [4.69, 9.17) is 15.2 Å². The molecular weight excluding hydrogens is 214 g/mol. The Balaban J connectivity index is 2.34. The molecule has 1 heterocycles. The smallest absolute Gasteiger partial charge is 0.195 e. The number of benzene rings is 1. The molecule has 0 bridgehead atoms. The number of hydrogen-bond donors (Lipinski definition) is 1. The highest BCUT2D eigenvalue weighted by Gasteiger charge is 2.38. The lowest BCUT2D eigenvalue weighted by atomic mass is 9.94. The van der Waals surface area contributed by atoms with Crippen LogP contribution in [0.3, 0.4) is 0 Å². The van der Waals surface area contributed by atoms with Crippen molar-refractivity contribution >= 4 is 0 Å². The molecule has 17 heavy (non-hydrogen) atoms. The Hall–Kier alpha value is -0.900. The molecule has 3 heteroatoms. The van der Waals surface area contributed by atoms with Crippen LogP contribution in [-0.2, 0) is 15.3 Å². The summed E-state index contributed by atoms with van der Waals surface area (Å²) in [5.41, 5.74) is 9.21. The SMILES string of the molecule is Cc1ccc(C)c(C2(CCCN)OCCO2)c1. The van der Waals surface area contributed by atoms with Crippen molar-refractivity contribution < 1.29 is 9.47 Å². The molecule has 1 fully saturated rings. The predicted octanol–water partition coefficient (Wildman–Crippen LogP) is 2.24. The van der Waals surface area contributed by atoms with Gasteiger partial charge in [0.1, 0.15) is 0 Å². The van der Waals surface area contributed by atoms with Crippen LogP contribution < -0.4 is 5.73 Å². The molecule has 0 spiro atoms. The first-order chi connectivity index (χ1) is 8.18. The molecular formula is C14H21NO2. The number of hydrogen-bond acceptors (Lipinski definition) is 3. The van der Waals surface area contributed by atoms with Crippen LogP contribution in [0.5, 0.6) is 0 Å². The third kappa shape index (κ3) is 2.51. The van der Waals surface area contributed by atoms with Gasteiger partial charge in [0.25, 0.3) is 0 Å². The van der Waals surface area contributed by atoms with Gasteiger partial charge in [-0.15, -0.1) is 0 Å². The minimum absolute atomic E-state index is 0.560. The lowest BCUT2D eigenvalue weighted by Crippen LogP contribution is -2.29. The third-order valence-electron chi connectivity index (χ3n) is 3.27. The van der Waals surface area contributed by atoms with Gasteiger partial charge in [-0.1, -0.05) is 23.8 Å². The molecule has 0 amide bonds. The Morgan fingerprint density at radius 3 is 2.59 bits per heavy atom. The molecule has 1 aromatic rings. The number of rotatable bonds is 4. The second-order valence-corrected chi connectivity index (χ2v) is 4.66. The lowest BCUT2D eigenvalue weighted by Gasteiger charge is -2.29. The van der Waals surface area contributed by atoms with Crippen molar-refractivity contribution in [3.63, 3.8) is 0 Å². The average Bonchev–Trinajstić information content (AvgIpc) is 2.79. The second kappa shape index (κ2) is 5.17. The highest BCUT2D eigenvalue weighted by Crippen LogP contribution is 2.37. The van der Waals surface area contributed by atoms with Crippen molar-refractivity contribution in [1.29, 1.82) is 0 Å². The topological polar surface area (TPSA) is 44.5 Å². The third-order valence-corrected chi connectivity index (χ3v) is 3.27. The molecule has 1 aromatic carbocycles. The first kappa shape index (κ1) is 12.6. The van der Waals surface area contributed by atoms with E-state index in [1.54, 1.807) is 0 Å². The molecule has 0 atom stereocenters. The van der Waals surface area contributed by atoms with Gasteiger partial charge >= 0.3 is 0 Å². The van der Waals surface area contributed by atoms with E-state index in [9.17, 15) is 0 Å². The maximum Gasteiger partial charge on any atom is 0.195 e. The molecule has 0 aliphatic carbocycles. The van der Waals surface area contributed by atoms with E-state index in [1.807, 2.05) is 0 Å². The van der Waals surface area contributed by atoms with Crippen molar-refractivity contribution in [2.45, 2.75) is 32.5 Å². The summed E-state index contributed by atoms with van der Waals surface area (Å²) in [6.45, 7) is 6.19. The molecule has 94 valence electrons. The number of aryl methyl sites for hydroxylation is 2. The van der Waals surface area contributed by atoms with Crippen molar-refractivity contribution in [2.24, 2.45) is 5.73 Å². The summed E-state index contributed by atoms with van der Waals surface area (Å²) in [6, 6.07) is 6.40. The van der Waals surface area contributed by atoms with Gasteiger partial charge in [0.2, 0.25) is 0 Å². The zero-order valence-electron chi connectivity index (χ0n) is 10.7. The summed E-state index contributed by atoms with van der Waals surface area (Å²) in [7, 11) is 0. The first-order valence-electron chi connectivity index (χ1n) is 6.24. The van der Waals surface area contributed by atoms with Gasteiger partial charge in [0.05, 0.1) is 13.2 Å². The van der Waals surface area contributed by atoms with Crippen molar-refractivity contribution in [1.82, 2.24) is 0 Å². The van der Waals surface area contributed by atoms with E-state index >= 15 is 0 Å². The van der Waals surface area contributed by atoms with E-state index in [0.29, 0.717) is 19.8 Å². The molecule has 1 saturated heterocycles. The number of ether oxygens (including phenoxy) is 2. The highest BCUT2D eigenvalue weighted by molar-refractivity contribution is 5.34. The lowest BCUT2D eigenvalue weighted by molar-refractivity contribution is -0.171. The molecule has 0 unspecified atom stereocenters. The Bertz CT molecular complexity index is 384. The maximum atomic E-state index is 5.89. The van der Waals surface area contributed by atoms with E-state index < -0.39 is 5.79 Å². The van der Waals surface area contributed by atoms with Crippen LogP contribution in [0.1, 0.15) is 29.5 Å². The van der Waals surface area contributed by atoms with Gasteiger partial charge in [-0.25, -0.2) is 0 Å². The second-order valence-electron chi connectivity index (χ2n) is 4.66. The fourth-order valence-corrected chi connectivity index (χ4v) is 2.37. The summed E-state index contributed by atoms with van der Waals surface area (Å²) in [4.78, 5) is 0. The molecule has 0 radical (unpaired) electrons. The minimum Gasteiger partial charge on any atom is -0.343 e. The highest BCUT2D eigenvalue weighted by atomic mass is 16.7. The predicted molar refractivity (Wildman–Crippen MR) is 67.8 cm³/mol. The van der Waals surface area contributed by atoms with Gasteiger partial charge in [0.15, 0.2) is 5.79 Å². The van der Waals surface area contributed by atoms with Crippen LogP contribution in [0.2, 0.25) is 0 Å². The molecule has 1 aliphatic heterocycles. The molecule has 2 N–H and O–H groups in total.